The fourth-order valence-electron chi connectivity index (χ4n) is 3.44. The van der Waals surface area contributed by atoms with Gasteiger partial charge in [0.1, 0.15) is 11.4 Å². The molecule has 1 N–H and O–H groups in total. The molecular weight excluding hydrogens is 366 g/mol. The average Bonchev–Trinajstić information content (AvgIpc) is 2.66. The van der Waals surface area contributed by atoms with Crippen LogP contribution in [0.1, 0.15) is 59.8 Å². The van der Waals surface area contributed by atoms with Crippen molar-refractivity contribution >= 4 is 30.2 Å². The van der Waals surface area contributed by atoms with Gasteiger partial charge in [0.25, 0.3) is 0 Å². The van der Waals surface area contributed by atoms with E-state index in [4.69, 9.17) is 4.74 Å². The van der Waals surface area contributed by atoms with E-state index in [2.05, 4.69) is 6.07 Å². The predicted molar refractivity (Wildman–Crippen MR) is 116 cm³/mol. The summed E-state index contributed by atoms with van der Waals surface area (Å²) in [5.74, 6) is 0.0214. The Hall–Kier alpha value is -3.08. The number of aromatic hydroxyl groups is 1. The summed E-state index contributed by atoms with van der Waals surface area (Å²) in [6.07, 6.45) is 6.01. The van der Waals surface area contributed by atoms with Gasteiger partial charge < -0.3 is 9.84 Å². The van der Waals surface area contributed by atoms with Gasteiger partial charge in [0.15, 0.2) is 6.29 Å². The highest BCUT2D eigenvalue weighted by Gasteiger charge is 2.27. The Morgan fingerprint density at radius 2 is 1.86 bits per heavy atom. The van der Waals surface area contributed by atoms with Crippen LogP contribution >= 0.6 is 0 Å². The second kappa shape index (κ2) is 8.11. The van der Waals surface area contributed by atoms with E-state index in [0.717, 1.165) is 35.2 Å². The number of nitrogens with zero attached hydrogens (tertiary/aromatic N) is 1. The number of aryl methyl sites for hydroxylation is 2. The van der Waals surface area contributed by atoms with Crippen molar-refractivity contribution < 1.29 is 19.4 Å². The topological polar surface area (TPSA) is 66.8 Å². The maximum atomic E-state index is 12.5. The molecule has 0 unspecified atom stereocenters. The number of ether oxygens (including phenoxy) is 1. The van der Waals surface area contributed by atoms with Crippen LogP contribution in [0.3, 0.4) is 0 Å². The third-order valence-electron chi connectivity index (χ3n) is 4.78. The first-order valence-electron chi connectivity index (χ1n) is 9.78. The fraction of sp³-hybridized carbons (Fsp3) is 0.333. The number of benzene rings is 2. The second-order valence-electron chi connectivity index (χ2n) is 8.35. The van der Waals surface area contributed by atoms with Gasteiger partial charge in [-0.1, -0.05) is 18.2 Å². The minimum absolute atomic E-state index is 0.0214. The van der Waals surface area contributed by atoms with Crippen LogP contribution < -0.4 is 4.90 Å². The average molecular weight is 393 g/mol. The summed E-state index contributed by atoms with van der Waals surface area (Å²) < 4.78 is 5.54. The SMILES string of the molecule is Cc1cc(/C=C/c2ccc3c(c2)CCCN3C(=O)OC(C)(C)C)cc(C=O)c1O. The molecule has 2 aromatic carbocycles. The van der Waals surface area contributed by atoms with E-state index in [1.165, 1.54) is 0 Å². The highest BCUT2D eigenvalue weighted by molar-refractivity contribution is 5.90. The van der Waals surface area contributed by atoms with Gasteiger partial charge in [-0.3, -0.25) is 9.69 Å². The monoisotopic (exact) mass is 393 g/mol. The minimum Gasteiger partial charge on any atom is -0.507 e. The number of hydrogen-bond donors (Lipinski definition) is 1. The van der Waals surface area contributed by atoms with E-state index >= 15 is 0 Å². The molecule has 0 bridgehead atoms. The van der Waals surface area contributed by atoms with E-state index in [-0.39, 0.29) is 17.4 Å². The van der Waals surface area contributed by atoms with Crippen molar-refractivity contribution in [1.29, 1.82) is 0 Å². The van der Waals surface area contributed by atoms with Crippen molar-refractivity contribution in [2.45, 2.75) is 46.1 Å². The van der Waals surface area contributed by atoms with Crippen LogP contribution in [0.4, 0.5) is 10.5 Å². The number of rotatable bonds is 3. The largest absolute Gasteiger partial charge is 0.507 e. The predicted octanol–water partition coefficient (Wildman–Crippen LogP) is 5.37. The number of carbonyl (C=O) groups is 2. The Morgan fingerprint density at radius 1 is 1.14 bits per heavy atom. The number of hydrogen-bond acceptors (Lipinski definition) is 4. The molecular formula is C24H27NO4. The number of aldehydes is 1. The normalized spacial score (nSPS) is 14.0. The summed E-state index contributed by atoms with van der Waals surface area (Å²) in [4.78, 5) is 25.4. The van der Waals surface area contributed by atoms with Gasteiger partial charge in [-0.15, -0.1) is 0 Å². The van der Waals surface area contributed by atoms with Gasteiger partial charge in [0.2, 0.25) is 0 Å². The zero-order valence-corrected chi connectivity index (χ0v) is 17.4. The Balaban J connectivity index is 1.84. The van der Waals surface area contributed by atoms with E-state index < -0.39 is 5.60 Å². The Kier molecular flexibility index (Phi) is 5.78. The molecule has 3 rings (SSSR count). The molecule has 5 heteroatoms. The molecule has 1 amide bonds. The number of amides is 1. The molecule has 1 aliphatic rings. The van der Waals surface area contributed by atoms with Crippen molar-refractivity contribution in [1.82, 2.24) is 0 Å². The zero-order valence-electron chi connectivity index (χ0n) is 17.4. The quantitative estimate of drug-likeness (QED) is 0.562. The van der Waals surface area contributed by atoms with Crippen LogP contribution in [0, 0.1) is 6.92 Å². The first-order valence-corrected chi connectivity index (χ1v) is 9.78. The fourth-order valence-corrected chi connectivity index (χ4v) is 3.44. The summed E-state index contributed by atoms with van der Waals surface area (Å²) >= 11 is 0. The molecule has 0 atom stereocenters. The summed E-state index contributed by atoms with van der Waals surface area (Å²) in [6.45, 7) is 8.02. The Labute approximate surface area is 171 Å². The highest BCUT2D eigenvalue weighted by Crippen LogP contribution is 2.30. The summed E-state index contributed by atoms with van der Waals surface area (Å²) in [6, 6.07) is 9.50. The standard InChI is InChI=1S/C24H27NO4/c1-16-12-18(14-20(15-26)22(16)27)8-7-17-9-10-21-19(13-17)6-5-11-25(21)23(28)29-24(2,3)4/h7-10,12-15,27H,5-6,11H2,1-4H3/b8-7+. The Bertz CT molecular complexity index is 970. The van der Waals surface area contributed by atoms with Gasteiger partial charge in [-0.25, -0.2) is 4.79 Å². The molecule has 0 aliphatic carbocycles. The molecule has 152 valence electrons. The molecule has 0 spiro atoms. The van der Waals surface area contributed by atoms with Crippen molar-refractivity contribution in [2.24, 2.45) is 0 Å². The van der Waals surface area contributed by atoms with Gasteiger partial charge in [0, 0.05) is 6.54 Å². The third-order valence-corrected chi connectivity index (χ3v) is 4.78. The Morgan fingerprint density at radius 3 is 2.55 bits per heavy atom. The van der Waals surface area contributed by atoms with Gasteiger partial charge >= 0.3 is 6.09 Å². The minimum atomic E-state index is -0.528. The van der Waals surface area contributed by atoms with Crippen molar-refractivity contribution in [2.75, 3.05) is 11.4 Å². The van der Waals surface area contributed by atoms with Crippen molar-refractivity contribution in [3.05, 3.63) is 58.1 Å². The molecule has 2 aromatic rings. The van der Waals surface area contributed by atoms with Gasteiger partial charge in [-0.05, 0) is 87.1 Å². The van der Waals surface area contributed by atoms with Crippen LogP contribution in [-0.2, 0) is 11.2 Å². The molecule has 0 saturated heterocycles. The smallest absolute Gasteiger partial charge is 0.414 e. The highest BCUT2D eigenvalue weighted by atomic mass is 16.6. The lowest BCUT2D eigenvalue weighted by Gasteiger charge is -2.31. The number of anilines is 1. The van der Waals surface area contributed by atoms with E-state index in [9.17, 15) is 14.7 Å². The van der Waals surface area contributed by atoms with Crippen LogP contribution in [0.5, 0.6) is 5.75 Å². The summed E-state index contributed by atoms with van der Waals surface area (Å²) in [7, 11) is 0. The molecule has 1 heterocycles. The lowest BCUT2D eigenvalue weighted by molar-refractivity contribution is 0.0577. The number of carbonyl (C=O) groups excluding carboxylic acids is 2. The summed E-state index contributed by atoms with van der Waals surface area (Å²) in [5.41, 5.74) is 4.27. The first kappa shape index (κ1) is 20.6. The molecule has 1 aliphatic heterocycles. The number of phenols is 1. The van der Waals surface area contributed by atoms with Crippen molar-refractivity contribution in [3.8, 4) is 5.75 Å². The summed E-state index contributed by atoms with van der Waals surface area (Å²) in [5, 5.41) is 9.88. The zero-order chi connectivity index (χ0) is 21.2. The van der Waals surface area contributed by atoms with Gasteiger partial charge in [0.05, 0.1) is 11.3 Å². The van der Waals surface area contributed by atoms with E-state index in [1.54, 1.807) is 17.9 Å². The molecule has 0 radical (unpaired) electrons. The number of fused-ring (bicyclic) bond motifs is 1. The van der Waals surface area contributed by atoms with Crippen LogP contribution in [-0.4, -0.2) is 29.6 Å². The van der Waals surface area contributed by atoms with E-state index in [0.29, 0.717) is 18.4 Å². The maximum Gasteiger partial charge on any atom is 0.414 e. The molecule has 29 heavy (non-hydrogen) atoms. The van der Waals surface area contributed by atoms with E-state index in [1.807, 2.05) is 51.1 Å². The molecule has 0 fully saturated rings. The number of phenolic OH excluding ortho intramolecular Hbond substituents is 1. The van der Waals surface area contributed by atoms with Gasteiger partial charge in [-0.2, -0.15) is 0 Å². The second-order valence-corrected chi connectivity index (χ2v) is 8.35. The lowest BCUT2D eigenvalue weighted by Crippen LogP contribution is -2.39. The van der Waals surface area contributed by atoms with Crippen LogP contribution in [0.25, 0.3) is 12.2 Å². The van der Waals surface area contributed by atoms with Crippen LogP contribution in [0.2, 0.25) is 0 Å². The lowest BCUT2D eigenvalue weighted by atomic mass is 9.98. The third kappa shape index (κ3) is 4.86. The molecule has 5 nitrogen and oxygen atoms in total. The molecule has 0 saturated carbocycles. The van der Waals surface area contributed by atoms with Crippen LogP contribution in [0.15, 0.2) is 30.3 Å². The first-order chi connectivity index (χ1) is 13.7. The van der Waals surface area contributed by atoms with Crippen molar-refractivity contribution in [3.63, 3.8) is 0 Å². The maximum absolute atomic E-state index is 12.5. The molecule has 0 aromatic heterocycles.